The van der Waals surface area contributed by atoms with Crippen molar-refractivity contribution < 1.29 is 23.0 Å². The molecule has 0 radical (unpaired) electrons. The fourth-order valence-corrected chi connectivity index (χ4v) is 4.87. The van der Waals surface area contributed by atoms with Crippen LogP contribution in [0.3, 0.4) is 0 Å². The van der Waals surface area contributed by atoms with Gasteiger partial charge in [-0.15, -0.1) is 0 Å². The summed E-state index contributed by atoms with van der Waals surface area (Å²) in [6.45, 7) is 2.05. The van der Waals surface area contributed by atoms with E-state index in [4.69, 9.17) is 14.5 Å². The number of hydrogen-bond acceptors (Lipinski definition) is 6. The average molecular weight is 441 g/mol. The Hall–Kier alpha value is -3.43. The van der Waals surface area contributed by atoms with Gasteiger partial charge in [-0.3, -0.25) is 4.79 Å². The summed E-state index contributed by atoms with van der Waals surface area (Å²) < 4.78 is 42.6. The van der Waals surface area contributed by atoms with Crippen molar-refractivity contribution in [2.24, 2.45) is 0 Å². The van der Waals surface area contributed by atoms with Gasteiger partial charge < -0.3 is 19.7 Å². The Morgan fingerprint density at radius 2 is 2.09 bits per heavy atom. The van der Waals surface area contributed by atoms with E-state index in [0.717, 1.165) is 25.3 Å². The summed E-state index contributed by atoms with van der Waals surface area (Å²) in [6.07, 6.45) is 5.29. The molecule has 0 unspecified atom stereocenters. The molecule has 3 atom stereocenters. The summed E-state index contributed by atoms with van der Waals surface area (Å²) >= 11 is 0. The van der Waals surface area contributed by atoms with Gasteiger partial charge in [0.15, 0.2) is 28.8 Å². The van der Waals surface area contributed by atoms with Crippen LogP contribution in [-0.4, -0.2) is 45.3 Å². The maximum atomic E-state index is 14.8. The van der Waals surface area contributed by atoms with E-state index in [2.05, 4.69) is 10.4 Å². The van der Waals surface area contributed by atoms with Crippen LogP contribution in [0.5, 0.6) is 11.5 Å². The highest BCUT2D eigenvalue weighted by molar-refractivity contribution is 5.99. The minimum Gasteiger partial charge on any atom is -0.485 e. The lowest BCUT2D eigenvalue weighted by atomic mass is 10.1. The summed E-state index contributed by atoms with van der Waals surface area (Å²) in [7, 11) is 0. The van der Waals surface area contributed by atoms with E-state index >= 15 is 0 Å². The van der Waals surface area contributed by atoms with Crippen molar-refractivity contribution in [1.82, 2.24) is 19.9 Å². The van der Waals surface area contributed by atoms with E-state index in [-0.39, 0.29) is 36.9 Å². The molecular weight excluding hydrogens is 420 g/mol. The molecule has 6 rings (SSSR count). The zero-order chi connectivity index (χ0) is 22.0. The summed E-state index contributed by atoms with van der Waals surface area (Å²) in [4.78, 5) is 19.6. The molecular formula is C22H21F2N5O3. The van der Waals surface area contributed by atoms with Gasteiger partial charge in [0, 0.05) is 18.2 Å². The van der Waals surface area contributed by atoms with Crippen LogP contribution in [0, 0.1) is 11.6 Å². The summed E-state index contributed by atoms with van der Waals surface area (Å²) in [5.41, 5.74) is 1.10. The second kappa shape index (κ2) is 7.04. The average Bonchev–Trinajstić information content (AvgIpc) is 3.39. The van der Waals surface area contributed by atoms with Crippen LogP contribution >= 0.6 is 0 Å². The molecule has 3 aromatic rings. The Kier molecular flexibility index (Phi) is 4.24. The van der Waals surface area contributed by atoms with E-state index in [1.165, 1.54) is 16.8 Å². The third-order valence-electron chi connectivity index (χ3n) is 6.35. The SMILES string of the molecule is C[C@H]1CNC(=O)c2cnn3cc4c(nc23)N(Cc2cc(F)cc(F)c2O1)[C@@H]1CCC[C@@H]1O4. The highest BCUT2D eigenvalue weighted by Crippen LogP contribution is 2.42. The Labute approximate surface area is 182 Å². The molecule has 0 spiro atoms. The van der Waals surface area contributed by atoms with Gasteiger partial charge >= 0.3 is 0 Å². The fraction of sp³-hybridized carbons (Fsp3) is 0.409. The van der Waals surface area contributed by atoms with E-state index in [1.807, 2.05) is 4.90 Å². The third-order valence-corrected chi connectivity index (χ3v) is 6.35. The second-order valence-corrected chi connectivity index (χ2v) is 8.55. The molecule has 10 heteroatoms. The van der Waals surface area contributed by atoms with Crippen molar-refractivity contribution in [2.45, 2.75) is 51.0 Å². The van der Waals surface area contributed by atoms with E-state index in [0.29, 0.717) is 28.3 Å². The predicted molar refractivity (Wildman–Crippen MR) is 110 cm³/mol. The van der Waals surface area contributed by atoms with Gasteiger partial charge in [0.1, 0.15) is 23.6 Å². The topological polar surface area (TPSA) is 81.0 Å². The van der Waals surface area contributed by atoms with Crippen LogP contribution in [0.25, 0.3) is 5.65 Å². The van der Waals surface area contributed by atoms with Crippen molar-refractivity contribution in [1.29, 1.82) is 0 Å². The number of ether oxygens (including phenoxy) is 2. The molecule has 1 amide bonds. The summed E-state index contributed by atoms with van der Waals surface area (Å²) in [5.74, 6) is -0.767. The first-order valence-corrected chi connectivity index (χ1v) is 10.7. The number of fused-ring (bicyclic) bond motifs is 3. The number of carbonyl (C=O) groups excluding carboxylic acids is 1. The van der Waals surface area contributed by atoms with Crippen LogP contribution in [0.2, 0.25) is 0 Å². The number of rotatable bonds is 0. The summed E-state index contributed by atoms with van der Waals surface area (Å²) in [5, 5.41) is 7.05. The van der Waals surface area contributed by atoms with Crippen molar-refractivity contribution >= 4 is 17.4 Å². The number of nitrogens with zero attached hydrogens (tertiary/aromatic N) is 4. The van der Waals surface area contributed by atoms with Crippen molar-refractivity contribution in [2.75, 3.05) is 11.4 Å². The van der Waals surface area contributed by atoms with Gasteiger partial charge in [0.05, 0.1) is 25.0 Å². The van der Waals surface area contributed by atoms with Crippen LogP contribution in [-0.2, 0) is 6.54 Å². The monoisotopic (exact) mass is 441 g/mol. The zero-order valence-corrected chi connectivity index (χ0v) is 17.3. The standard InChI is InChI=1S/C22H21F2N5O3/c1-11-7-25-22(30)14-8-26-29-10-18-21(27-20(14)29)28(16-3-2-4-17(16)32-18)9-12-5-13(23)6-15(24)19(12)31-11/h5-6,8,10-11,16-17H,2-4,7,9H2,1H3,(H,25,30)/t11-,16+,17-/m0/s1. The molecule has 1 aromatic carbocycles. The molecule has 1 fully saturated rings. The Morgan fingerprint density at radius 1 is 1.22 bits per heavy atom. The maximum Gasteiger partial charge on any atom is 0.256 e. The number of amides is 1. The number of aromatic nitrogens is 3. The van der Waals surface area contributed by atoms with Crippen molar-refractivity contribution in [3.63, 3.8) is 0 Å². The largest absolute Gasteiger partial charge is 0.485 e. The first kappa shape index (κ1) is 19.3. The Morgan fingerprint density at radius 3 is 2.97 bits per heavy atom. The molecule has 1 saturated carbocycles. The van der Waals surface area contributed by atoms with Crippen LogP contribution < -0.4 is 19.7 Å². The number of hydrogen-bond donors (Lipinski definition) is 1. The second-order valence-electron chi connectivity index (χ2n) is 8.55. The number of halogens is 2. The zero-order valence-electron chi connectivity index (χ0n) is 17.3. The quantitative estimate of drug-likeness (QED) is 0.578. The highest BCUT2D eigenvalue weighted by atomic mass is 19.1. The smallest absolute Gasteiger partial charge is 0.256 e. The fourth-order valence-electron chi connectivity index (χ4n) is 4.87. The molecule has 1 aliphatic carbocycles. The van der Waals surface area contributed by atoms with Gasteiger partial charge in [0.25, 0.3) is 5.91 Å². The first-order valence-electron chi connectivity index (χ1n) is 10.7. The van der Waals surface area contributed by atoms with Crippen LogP contribution in [0.15, 0.2) is 24.5 Å². The number of carbonyl (C=O) groups is 1. The minimum absolute atomic E-state index is 0.000576. The van der Waals surface area contributed by atoms with Gasteiger partial charge in [0.2, 0.25) is 0 Å². The number of nitrogens with one attached hydrogen (secondary N) is 1. The molecule has 1 N–H and O–H groups in total. The lowest BCUT2D eigenvalue weighted by Gasteiger charge is -2.39. The lowest BCUT2D eigenvalue weighted by Crippen LogP contribution is -2.47. The molecule has 2 aliphatic heterocycles. The summed E-state index contributed by atoms with van der Waals surface area (Å²) in [6, 6.07) is 2.11. The molecule has 4 heterocycles. The molecule has 166 valence electrons. The predicted octanol–water partition coefficient (Wildman–Crippen LogP) is 2.84. The van der Waals surface area contributed by atoms with E-state index in [1.54, 1.807) is 13.1 Å². The maximum absolute atomic E-state index is 14.8. The highest BCUT2D eigenvalue weighted by Gasteiger charge is 2.41. The number of anilines is 1. The van der Waals surface area contributed by atoms with E-state index < -0.39 is 17.7 Å². The van der Waals surface area contributed by atoms with Crippen molar-refractivity contribution in [3.8, 4) is 11.5 Å². The first-order chi connectivity index (χ1) is 15.5. The normalized spacial score (nSPS) is 24.5. The lowest BCUT2D eigenvalue weighted by molar-refractivity contribution is 0.0932. The van der Waals surface area contributed by atoms with Crippen molar-refractivity contribution in [3.05, 3.63) is 47.3 Å². The van der Waals surface area contributed by atoms with Gasteiger partial charge in [-0.2, -0.15) is 5.10 Å². The minimum atomic E-state index is -0.774. The van der Waals surface area contributed by atoms with E-state index in [9.17, 15) is 13.6 Å². The molecule has 0 saturated heterocycles. The van der Waals surface area contributed by atoms with Gasteiger partial charge in [-0.25, -0.2) is 18.3 Å². The van der Waals surface area contributed by atoms with Gasteiger partial charge in [-0.05, 0) is 32.3 Å². The molecule has 32 heavy (non-hydrogen) atoms. The molecule has 2 bridgehead atoms. The Bertz CT molecular complexity index is 1250. The third kappa shape index (κ3) is 2.96. The number of benzene rings is 1. The Balaban J connectivity index is 1.57. The van der Waals surface area contributed by atoms with Crippen LogP contribution in [0.4, 0.5) is 14.6 Å². The molecule has 3 aliphatic rings. The van der Waals surface area contributed by atoms with Gasteiger partial charge in [-0.1, -0.05) is 0 Å². The molecule has 8 nitrogen and oxygen atoms in total. The van der Waals surface area contributed by atoms with Crippen LogP contribution in [0.1, 0.15) is 42.1 Å². The molecule has 2 aromatic heterocycles.